The summed E-state index contributed by atoms with van der Waals surface area (Å²) in [5, 5.41) is 22.2. The van der Waals surface area contributed by atoms with Gasteiger partial charge in [-0.05, 0) is 19.9 Å². The molecule has 0 aromatic carbocycles. The van der Waals surface area contributed by atoms with Crippen LogP contribution >= 0.6 is 23.3 Å². The molecule has 0 saturated carbocycles. The van der Waals surface area contributed by atoms with Crippen molar-refractivity contribution in [2.45, 2.75) is 37.9 Å². The molecule has 5 heterocycles. The highest BCUT2D eigenvalue weighted by atomic mass is 32.2. The maximum Gasteiger partial charge on any atom is 0.307 e. The van der Waals surface area contributed by atoms with Gasteiger partial charge in [0.1, 0.15) is 30.3 Å². The number of amides is 2. The fourth-order valence-corrected chi connectivity index (χ4v) is 5.79. The number of β-lactam (4-membered cyclic amide) rings is 1. The van der Waals surface area contributed by atoms with Crippen molar-refractivity contribution in [1.82, 2.24) is 29.2 Å². The minimum atomic E-state index is -1.48. The third-order valence-corrected chi connectivity index (χ3v) is 7.54. The number of imidazole rings is 1. The fraction of sp³-hybridized carbons (Fsp3) is 0.333. The van der Waals surface area contributed by atoms with Crippen LogP contribution in [0.2, 0.25) is 0 Å². The van der Waals surface area contributed by atoms with Crippen LogP contribution in [0.25, 0.3) is 5.65 Å². The molecule has 1 fully saturated rings. The number of carbonyl (C=O) groups is 3. The van der Waals surface area contributed by atoms with E-state index in [-0.39, 0.29) is 35.0 Å². The van der Waals surface area contributed by atoms with Crippen molar-refractivity contribution in [1.29, 1.82) is 0 Å². The maximum absolute atomic E-state index is 13.1. The molecule has 2 aliphatic rings. The van der Waals surface area contributed by atoms with Crippen LogP contribution in [0.5, 0.6) is 0 Å². The number of nitrogens with one attached hydrogen (secondary N) is 1. The van der Waals surface area contributed by atoms with Crippen LogP contribution in [-0.2, 0) is 25.8 Å². The first kappa shape index (κ1) is 25.4. The second-order valence-electron chi connectivity index (χ2n) is 8.64. The molecule has 5 N–H and O–H groups in total. The highest BCUT2D eigenvalue weighted by Gasteiger charge is 2.53. The van der Waals surface area contributed by atoms with E-state index >= 15 is 0 Å². The highest BCUT2D eigenvalue weighted by molar-refractivity contribution is 8.00. The monoisotopic (exact) mass is 558 g/mol. The summed E-state index contributed by atoms with van der Waals surface area (Å²) in [5.41, 5.74) is 12.1. The Morgan fingerprint density at radius 1 is 1.37 bits per heavy atom. The summed E-state index contributed by atoms with van der Waals surface area (Å²) in [6.07, 6.45) is 3.09. The number of aromatic nitrogens is 5. The normalized spacial score (nSPS) is 19.5. The van der Waals surface area contributed by atoms with E-state index in [1.807, 2.05) is 0 Å². The summed E-state index contributed by atoms with van der Waals surface area (Å²) < 4.78 is 7.36. The molecule has 2 amide bonds. The number of thioether (sulfide) groups is 1. The predicted octanol–water partition coefficient (Wildman–Crippen LogP) is -2.13. The van der Waals surface area contributed by atoms with E-state index in [4.69, 9.17) is 16.3 Å². The number of carboxylic acid groups (broad SMARTS) is 1. The first-order valence-electron chi connectivity index (χ1n) is 11.3. The van der Waals surface area contributed by atoms with Crippen molar-refractivity contribution < 1.29 is 28.9 Å². The van der Waals surface area contributed by atoms with Crippen LogP contribution in [0.15, 0.2) is 41.0 Å². The Kier molecular flexibility index (Phi) is 6.62. The Morgan fingerprint density at radius 3 is 2.84 bits per heavy atom. The second kappa shape index (κ2) is 9.90. The highest BCUT2D eigenvalue weighted by Crippen LogP contribution is 2.40. The summed E-state index contributed by atoms with van der Waals surface area (Å²) >= 11 is 2.20. The lowest BCUT2D eigenvalue weighted by Gasteiger charge is -2.50. The molecule has 38 heavy (non-hydrogen) atoms. The molecular formula is C21H22N10O5S2. The summed E-state index contributed by atoms with van der Waals surface area (Å²) in [6.45, 7) is 3.63. The average Bonchev–Trinajstić information content (AvgIpc) is 3.47. The van der Waals surface area contributed by atoms with Crippen LogP contribution in [0.1, 0.15) is 19.7 Å². The maximum atomic E-state index is 13.1. The van der Waals surface area contributed by atoms with E-state index in [2.05, 4.69) is 24.9 Å². The fourth-order valence-electron chi connectivity index (χ4n) is 4.02. The number of nitrogens with two attached hydrogens (primary N) is 2. The Bertz CT molecular complexity index is 1510. The van der Waals surface area contributed by atoms with Crippen LogP contribution in [0, 0.1) is 0 Å². The number of nitrogen functional groups attached to an aromatic ring is 2. The van der Waals surface area contributed by atoms with E-state index < -0.39 is 29.2 Å². The van der Waals surface area contributed by atoms with E-state index in [9.17, 15) is 19.5 Å². The van der Waals surface area contributed by atoms with E-state index in [1.54, 1.807) is 47.5 Å². The Morgan fingerprint density at radius 2 is 2.16 bits per heavy atom. The number of fused-ring (bicyclic) bond motifs is 2. The minimum absolute atomic E-state index is 0.0451. The number of oxime groups is 1. The number of hydrogen-bond acceptors (Lipinski definition) is 13. The summed E-state index contributed by atoms with van der Waals surface area (Å²) in [7, 11) is 0. The molecule has 2 atom stereocenters. The zero-order valence-corrected chi connectivity index (χ0v) is 21.7. The van der Waals surface area contributed by atoms with Crippen molar-refractivity contribution in [2.24, 2.45) is 5.16 Å². The lowest BCUT2D eigenvalue weighted by molar-refractivity contribution is -0.662. The summed E-state index contributed by atoms with van der Waals surface area (Å²) in [4.78, 5) is 48.6. The number of aliphatic carboxylic acids is 1. The lowest BCUT2D eigenvalue weighted by Crippen LogP contribution is -2.71. The standard InChI is InChI=1S/C21H22N10O5S2/c1-9(2)36-27-13(16-25-21(23)38-28-16)17(32)24-14-18(33)31-15(20(34)35)10(8-37-19(14)31)7-29-5-6-30-12(29)4-3-11(22)26-30/h3-6,9,14,19H,7-8H2,1-2H3,(H5-,22,23,24,25,26,28,32,34,35)/b27-13-/t14-,19-/m1/s1. The largest absolute Gasteiger partial charge is 0.543 e. The van der Waals surface area contributed by atoms with Crippen LogP contribution in [0.4, 0.5) is 10.9 Å². The number of hydrogen-bond donors (Lipinski definition) is 3. The number of carbonyl (C=O) groups excluding carboxylic acids is 3. The topological polar surface area (TPSA) is 210 Å². The van der Waals surface area contributed by atoms with Gasteiger partial charge in [0.2, 0.25) is 11.5 Å². The zero-order chi connectivity index (χ0) is 27.1. The molecule has 0 aliphatic carbocycles. The van der Waals surface area contributed by atoms with Gasteiger partial charge in [0.05, 0.1) is 11.7 Å². The van der Waals surface area contributed by atoms with Gasteiger partial charge < -0.3 is 31.5 Å². The van der Waals surface area contributed by atoms with Gasteiger partial charge in [0.25, 0.3) is 11.8 Å². The second-order valence-corrected chi connectivity index (χ2v) is 10.5. The first-order chi connectivity index (χ1) is 18.1. The van der Waals surface area contributed by atoms with Gasteiger partial charge in [-0.1, -0.05) is 14.8 Å². The first-order valence-corrected chi connectivity index (χ1v) is 13.1. The summed E-state index contributed by atoms with van der Waals surface area (Å²) in [5.74, 6) is -2.25. The molecule has 0 bridgehead atoms. The van der Waals surface area contributed by atoms with Crippen molar-refractivity contribution in [3.63, 3.8) is 0 Å². The average molecular weight is 559 g/mol. The van der Waals surface area contributed by atoms with Crippen molar-refractivity contribution in [3.05, 3.63) is 41.6 Å². The Balaban J connectivity index is 1.37. The third-order valence-electron chi connectivity index (χ3n) is 5.65. The number of anilines is 2. The van der Waals surface area contributed by atoms with Gasteiger partial charge in [0, 0.05) is 28.9 Å². The van der Waals surface area contributed by atoms with Crippen LogP contribution in [-0.4, -0.2) is 70.6 Å². The zero-order valence-electron chi connectivity index (χ0n) is 20.1. The molecule has 0 unspecified atom stereocenters. The van der Waals surface area contributed by atoms with Gasteiger partial charge in [-0.3, -0.25) is 14.5 Å². The van der Waals surface area contributed by atoms with E-state index in [1.165, 1.54) is 11.8 Å². The molecule has 198 valence electrons. The molecule has 0 radical (unpaired) electrons. The Hall–Kier alpha value is -4.25. The number of carboxylic acids is 1. The molecule has 5 rings (SSSR count). The third kappa shape index (κ3) is 4.60. The van der Waals surface area contributed by atoms with Crippen LogP contribution in [0.3, 0.4) is 0 Å². The van der Waals surface area contributed by atoms with Gasteiger partial charge in [-0.25, -0.2) is 4.57 Å². The minimum Gasteiger partial charge on any atom is -0.543 e. The Labute approximate surface area is 223 Å². The number of nitrogens with zero attached hydrogens (tertiary/aromatic N) is 7. The molecule has 3 aromatic heterocycles. The van der Waals surface area contributed by atoms with Gasteiger partial charge in [0.15, 0.2) is 17.1 Å². The quantitative estimate of drug-likeness (QED) is 0.118. The van der Waals surface area contributed by atoms with E-state index in [0.29, 0.717) is 22.8 Å². The molecule has 17 heteroatoms. The van der Waals surface area contributed by atoms with Crippen LogP contribution < -0.4 is 26.5 Å². The van der Waals surface area contributed by atoms with Gasteiger partial charge >= 0.3 is 5.65 Å². The van der Waals surface area contributed by atoms with Crippen molar-refractivity contribution in [2.75, 3.05) is 17.2 Å². The SMILES string of the molecule is CC(C)O/N=C(\C(=O)N[C@@H]1C(=O)N2C(C(=O)[O-])=C(C[n+]3ccn4nc(N)ccc43)CS[C@H]12)c1nsc(N)n1. The van der Waals surface area contributed by atoms with Gasteiger partial charge in [-0.2, -0.15) is 9.36 Å². The molecular weight excluding hydrogens is 536 g/mol. The molecule has 3 aromatic rings. The summed E-state index contributed by atoms with van der Waals surface area (Å²) in [6, 6.07) is 2.39. The molecule has 2 aliphatic heterocycles. The number of rotatable bonds is 8. The van der Waals surface area contributed by atoms with Crippen molar-refractivity contribution >= 4 is 63.4 Å². The molecule has 0 spiro atoms. The molecule has 15 nitrogen and oxygen atoms in total. The predicted molar refractivity (Wildman–Crippen MR) is 134 cm³/mol. The smallest absolute Gasteiger partial charge is 0.307 e. The van der Waals surface area contributed by atoms with E-state index in [0.717, 1.165) is 16.4 Å². The van der Waals surface area contributed by atoms with Gasteiger partial charge in [-0.15, -0.1) is 11.8 Å². The lowest BCUT2D eigenvalue weighted by atomic mass is 10.0. The van der Waals surface area contributed by atoms with Crippen molar-refractivity contribution in [3.8, 4) is 0 Å². The molecule has 1 saturated heterocycles.